The van der Waals surface area contributed by atoms with Crippen molar-refractivity contribution in [3.8, 4) is 0 Å². The molecule has 3 rings (SSSR count). The summed E-state index contributed by atoms with van der Waals surface area (Å²) in [5, 5.41) is 0. The van der Waals surface area contributed by atoms with Crippen molar-refractivity contribution in [1.29, 1.82) is 0 Å². The number of pyridine rings is 1. The Morgan fingerprint density at radius 2 is 1.07 bits per heavy atom. The Labute approximate surface area is 228 Å². The molecule has 3 nitrogen and oxygen atoms in total. The number of nitrogens with zero attached hydrogens (tertiary/aromatic N) is 3. The minimum atomic E-state index is 0. The van der Waals surface area contributed by atoms with Gasteiger partial charge in [0.2, 0.25) is 0 Å². The summed E-state index contributed by atoms with van der Waals surface area (Å²) in [6, 6.07) is 5.32. The Bertz CT molecular complexity index is 600. The maximum Gasteiger partial charge on any atom is 3.00 e. The van der Waals surface area contributed by atoms with Crippen molar-refractivity contribution < 1.29 is 78.1 Å². The van der Waals surface area contributed by atoms with Gasteiger partial charge in [-0.25, -0.2) is 4.98 Å². The van der Waals surface area contributed by atoms with Gasteiger partial charge in [-0.3, -0.25) is 9.98 Å². The van der Waals surface area contributed by atoms with Crippen LogP contribution in [0.2, 0.25) is 0 Å². The molecule has 7 heteroatoms. The predicted octanol–water partition coefficient (Wildman–Crippen LogP) is -3.31. The maximum atomic E-state index is 4.98. The monoisotopic (exact) mass is 586 g/mol. The van der Waals surface area contributed by atoms with E-state index in [4.69, 9.17) is 15.0 Å². The summed E-state index contributed by atoms with van der Waals surface area (Å²) in [7, 11) is 0. The Morgan fingerprint density at radius 1 is 0.724 bits per heavy atom. The van der Waals surface area contributed by atoms with Crippen molar-refractivity contribution in [2.24, 2.45) is 9.98 Å². The van der Waals surface area contributed by atoms with Crippen LogP contribution in [0.25, 0.3) is 0 Å². The molecule has 1 aromatic rings. The number of aliphatic imine (C=N–C) groups is 2. The van der Waals surface area contributed by atoms with Crippen LogP contribution in [0.1, 0.15) is 95.0 Å². The topological polar surface area (TPSA) is 37.6 Å². The normalized spacial score (nSPS) is 18.6. The first-order valence-electron chi connectivity index (χ1n) is 10.2. The van der Waals surface area contributed by atoms with E-state index in [-0.39, 0.29) is 78.1 Å². The van der Waals surface area contributed by atoms with Crippen molar-refractivity contribution in [1.82, 2.24) is 4.98 Å². The summed E-state index contributed by atoms with van der Waals surface area (Å²) in [4.78, 5) is 14.9. The van der Waals surface area contributed by atoms with Crippen LogP contribution in [0.3, 0.4) is 0 Å². The van der Waals surface area contributed by atoms with E-state index in [2.05, 4.69) is 32.9 Å². The third-order valence-corrected chi connectivity index (χ3v) is 5.61. The molecule has 1 aromatic heterocycles. The van der Waals surface area contributed by atoms with Crippen LogP contribution in [0, 0.1) is 47.8 Å². The number of rotatable bonds is 4. The molecular weight excluding hydrogens is 557 g/mol. The molecule has 1 heterocycles. The Balaban J connectivity index is 0. The van der Waals surface area contributed by atoms with Gasteiger partial charge < -0.3 is 37.2 Å². The fourth-order valence-electron chi connectivity index (χ4n) is 4.14. The van der Waals surface area contributed by atoms with Gasteiger partial charge in [0.1, 0.15) is 0 Å². The summed E-state index contributed by atoms with van der Waals surface area (Å²) in [5.41, 5.74) is 5.47. The molecule has 2 aliphatic carbocycles. The first-order valence-corrected chi connectivity index (χ1v) is 10.2. The van der Waals surface area contributed by atoms with Crippen molar-refractivity contribution in [3.63, 3.8) is 0 Å². The molecule has 0 N–H and O–H groups in total. The van der Waals surface area contributed by atoms with Crippen molar-refractivity contribution in [2.75, 3.05) is 0 Å². The molecule has 0 spiro atoms. The zero-order valence-electron chi connectivity index (χ0n) is 17.9. The molecule has 0 amide bonds. The van der Waals surface area contributed by atoms with Crippen LogP contribution in [-0.2, 0) is 0 Å². The van der Waals surface area contributed by atoms with Crippen molar-refractivity contribution in [2.45, 2.75) is 97.1 Å². The van der Waals surface area contributed by atoms with Gasteiger partial charge in [-0.05, 0) is 64.2 Å². The van der Waals surface area contributed by atoms with Gasteiger partial charge in [0.25, 0.3) is 0 Å². The average molecular weight is 590 g/mol. The second kappa shape index (κ2) is 16.4. The van der Waals surface area contributed by atoms with Crippen molar-refractivity contribution >= 4 is 11.4 Å². The molecule has 1 radical (unpaired) electrons. The standard InChI is InChI=1S/C22H33N3.3ClH.Nd/c1-16-14-21(17(2)23-19-10-6-4-7-11-19)25-22(15-16)18(3)24-20-12-8-5-9-13-20;;;;/h14-15,19-20H,4-13H2,1-3H3;3*1H;/q;;;;+3/p-3. The van der Waals surface area contributed by atoms with Gasteiger partial charge in [0, 0.05) is 0 Å². The number of aromatic nitrogens is 1. The third-order valence-electron chi connectivity index (χ3n) is 5.61. The molecule has 29 heavy (non-hydrogen) atoms. The summed E-state index contributed by atoms with van der Waals surface area (Å²) >= 11 is 0. The summed E-state index contributed by atoms with van der Waals surface area (Å²) in [6.45, 7) is 6.39. The van der Waals surface area contributed by atoms with Crippen molar-refractivity contribution in [3.05, 3.63) is 29.1 Å². The van der Waals surface area contributed by atoms with Gasteiger partial charge in [0.15, 0.2) is 0 Å². The first kappa shape index (κ1) is 31.9. The van der Waals surface area contributed by atoms with E-state index in [0.29, 0.717) is 12.1 Å². The van der Waals surface area contributed by atoms with E-state index in [1.165, 1.54) is 69.8 Å². The Kier molecular flexibility index (Phi) is 18.0. The van der Waals surface area contributed by atoms with Gasteiger partial charge >= 0.3 is 40.8 Å². The molecule has 0 bridgehead atoms. The molecule has 2 saturated carbocycles. The predicted molar refractivity (Wildman–Crippen MR) is 107 cm³/mol. The Morgan fingerprint density at radius 3 is 1.41 bits per heavy atom. The summed E-state index contributed by atoms with van der Waals surface area (Å²) in [6.07, 6.45) is 13.0. The zero-order valence-corrected chi connectivity index (χ0v) is 23.3. The van der Waals surface area contributed by atoms with E-state index >= 15 is 0 Å². The van der Waals surface area contributed by atoms with Crippen LogP contribution >= 0.6 is 0 Å². The molecule has 161 valence electrons. The van der Waals surface area contributed by atoms with Crippen LogP contribution in [0.5, 0.6) is 0 Å². The second-order valence-corrected chi connectivity index (χ2v) is 7.93. The van der Waals surface area contributed by atoms with E-state index in [0.717, 1.165) is 22.8 Å². The molecule has 2 fully saturated rings. The van der Waals surface area contributed by atoms with Gasteiger partial charge in [-0.1, -0.05) is 38.5 Å². The van der Waals surface area contributed by atoms with Gasteiger partial charge in [-0.2, -0.15) is 0 Å². The van der Waals surface area contributed by atoms with Crippen LogP contribution in [0.15, 0.2) is 22.1 Å². The minimum Gasteiger partial charge on any atom is -1.00 e. The van der Waals surface area contributed by atoms with E-state index < -0.39 is 0 Å². The molecule has 2 aliphatic rings. The van der Waals surface area contributed by atoms with Gasteiger partial charge in [-0.15, -0.1) is 0 Å². The fourth-order valence-corrected chi connectivity index (χ4v) is 4.14. The molecule has 0 saturated heterocycles. The molecule has 0 aliphatic heterocycles. The largest absolute Gasteiger partial charge is 3.00 e. The molecular formula is C22H33Cl3N3Nd. The Hall–Kier alpha value is 0.711. The number of hydrogen-bond donors (Lipinski definition) is 0. The smallest absolute Gasteiger partial charge is 1.00 e. The second-order valence-electron chi connectivity index (χ2n) is 7.93. The first-order chi connectivity index (χ1) is 12.1. The summed E-state index contributed by atoms with van der Waals surface area (Å²) < 4.78 is 0. The van der Waals surface area contributed by atoms with Crippen LogP contribution in [0.4, 0.5) is 0 Å². The fraction of sp³-hybridized carbons (Fsp3) is 0.682. The number of hydrogen-bond acceptors (Lipinski definition) is 3. The molecule has 0 aromatic carbocycles. The average Bonchev–Trinajstić information content (AvgIpc) is 2.63. The number of aryl methyl sites for hydroxylation is 1. The van der Waals surface area contributed by atoms with E-state index in [9.17, 15) is 0 Å². The quantitative estimate of drug-likeness (QED) is 0.339. The zero-order chi connectivity index (χ0) is 17.6. The van der Waals surface area contributed by atoms with Crippen LogP contribution in [-0.4, -0.2) is 28.5 Å². The van der Waals surface area contributed by atoms with E-state index in [1.807, 2.05) is 0 Å². The minimum absolute atomic E-state index is 0. The van der Waals surface area contributed by atoms with E-state index in [1.54, 1.807) is 0 Å². The third kappa shape index (κ3) is 10.2. The summed E-state index contributed by atoms with van der Waals surface area (Å²) in [5.74, 6) is 0. The molecule has 0 atom stereocenters. The van der Waals surface area contributed by atoms with Crippen LogP contribution < -0.4 is 37.2 Å². The number of halogens is 3. The van der Waals surface area contributed by atoms with Gasteiger partial charge in [0.05, 0.1) is 34.9 Å². The maximum absolute atomic E-state index is 4.98. The molecule has 0 unspecified atom stereocenters. The SMILES string of the molecule is CC(=NC1CCCCC1)c1cc(C)cc(C(C)=NC2CCCCC2)n1.[Cl-].[Cl-].[Cl-].[Nd+3].